The molecule has 27 heavy (non-hydrogen) atoms. The first-order valence-corrected chi connectivity index (χ1v) is 9.53. The molecule has 3 aromatic rings. The number of hydrogen-bond acceptors (Lipinski definition) is 2. The maximum atomic E-state index is 6.61. The standard InChI is InChI=1S/C23H25N3S/c1-17(18-11-5-2-6-12-18)25-23(27)26-22(20-15-9-4-10-16-20)21(24)19-13-7-3-8-14-19/h2-17,21-22H,24H2,1H3,(H2,25,26,27)/t17-,21+,22+/m1/s1. The summed E-state index contributed by atoms with van der Waals surface area (Å²) in [5.41, 5.74) is 9.97. The van der Waals surface area contributed by atoms with Crippen LogP contribution in [-0.2, 0) is 0 Å². The van der Waals surface area contributed by atoms with Crippen LogP contribution in [0.4, 0.5) is 0 Å². The molecule has 3 aromatic carbocycles. The summed E-state index contributed by atoms with van der Waals surface area (Å²) in [6.07, 6.45) is 0. The van der Waals surface area contributed by atoms with Crippen LogP contribution < -0.4 is 16.4 Å². The Balaban J connectivity index is 1.76. The number of nitrogens with two attached hydrogens (primary N) is 1. The van der Waals surface area contributed by atoms with Crippen LogP contribution in [-0.4, -0.2) is 5.11 Å². The minimum Gasteiger partial charge on any atom is -0.356 e. The van der Waals surface area contributed by atoms with Gasteiger partial charge in [-0.3, -0.25) is 0 Å². The summed E-state index contributed by atoms with van der Waals surface area (Å²) in [4.78, 5) is 0. The fourth-order valence-corrected chi connectivity index (χ4v) is 3.42. The third-order valence-corrected chi connectivity index (χ3v) is 4.87. The second kappa shape index (κ2) is 9.31. The summed E-state index contributed by atoms with van der Waals surface area (Å²) in [7, 11) is 0. The van der Waals surface area contributed by atoms with Crippen LogP contribution in [0.2, 0.25) is 0 Å². The lowest BCUT2D eigenvalue weighted by atomic mass is 9.94. The normalized spacial score (nSPS) is 14.0. The Labute approximate surface area is 166 Å². The number of nitrogens with one attached hydrogen (secondary N) is 2. The first kappa shape index (κ1) is 19.1. The molecule has 4 heteroatoms. The molecule has 0 bridgehead atoms. The number of benzene rings is 3. The molecule has 0 saturated carbocycles. The summed E-state index contributed by atoms with van der Waals surface area (Å²) in [6, 6.07) is 30.3. The zero-order chi connectivity index (χ0) is 19.1. The van der Waals surface area contributed by atoms with Crippen molar-refractivity contribution in [1.29, 1.82) is 0 Å². The highest BCUT2D eigenvalue weighted by molar-refractivity contribution is 7.80. The molecule has 0 heterocycles. The van der Waals surface area contributed by atoms with Gasteiger partial charge in [0.25, 0.3) is 0 Å². The van der Waals surface area contributed by atoms with E-state index < -0.39 is 0 Å². The van der Waals surface area contributed by atoms with Gasteiger partial charge in [-0.25, -0.2) is 0 Å². The van der Waals surface area contributed by atoms with E-state index in [1.165, 1.54) is 5.56 Å². The monoisotopic (exact) mass is 375 g/mol. The quantitative estimate of drug-likeness (QED) is 0.549. The zero-order valence-electron chi connectivity index (χ0n) is 15.4. The van der Waals surface area contributed by atoms with E-state index in [2.05, 4.69) is 41.8 Å². The molecule has 0 aliphatic heterocycles. The number of hydrogen-bond donors (Lipinski definition) is 3. The van der Waals surface area contributed by atoms with Crippen LogP contribution in [0.25, 0.3) is 0 Å². The first-order valence-electron chi connectivity index (χ1n) is 9.12. The molecule has 0 aliphatic carbocycles. The van der Waals surface area contributed by atoms with Gasteiger partial charge >= 0.3 is 0 Å². The molecule has 0 aliphatic rings. The lowest BCUT2D eigenvalue weighted by Gasteiger charge is -2.28. The SMILES string of the molecule is C[C@@H](NC(=S)N[C@@H](c1ccccc1)[C@@H](N)c1ccccc1)c1ccccc1. The largest absolute Gasteiger partial charge is 0.356 e. The molecule has 4 N–H and O–H groups in total. The van der Waals surface area contributed by atoms with Crippen LogP contribution in [0.15, 0.2) is 91.0 Å². The predicted octanol–water partition coefficient (Wildman–Crippen LogP) is 4.65. The van der Waals surface area contributed by atoms with Gasteiger partial charge in [-0.15, -0.1) is 0 Å². The molecule has 0 saturated heterocycles. The molecule has 3 atom stereocenters. The average molecular weight is 376 g/mol. The maximum Gasteiger partial charge on any atom is 0.167 e. The van der Waals surface area contributed by atoms with Crippen LogP contribution in [0.3, 0.4) is 0 Å². The summed E-state index contributed by atoms with van der Waals surface area (Å²) in [6.45, 7) is 2.10. The van der Waals surface area contributed by atoms with Gasteiger partial charge < -0.3 is 16.4 Å². The van der Waals surface area contributed by atoms with E-state index in [-0.39, 0.29) is 18.1 Å². The van der Waals surface area contributed by atoms with Gasteiger partial charge in [0.05, 0.1) is 18.1 Å². The van der Waals surface area contributed by atoms with E-state index in [4.69, 9.17) is 18.0 Å². The molecule has 0 fully saturated rings. The Hall–Kier alpha value is -2.69. The van der Waals surface area contributed by atoms with Crippen molar-refractivity contribution >= 4 is 17.3 Å². The van der Waals surface area contributed by atoms with Gasteiger partial charge in [-0.1, -0.05) is 91.0 Å². The van der Waals surface area contributed by atoms with Crippen molar-refractivity contribution in [1.82, 2.24) is 10.6 Å². The molecule has 0 amide bonds. The summed E-state index contributed by atoms with van der Waals surface area (Å²) in [5.74, 6) is 0. The maximum absolute atomic E-state index is 6.61. The Morgan fingerprint density at radius 1 is 0.704 bits per heavy atom. The van der Waals surface area contributed by atoms with E-state index in [0.717, 1.165) is 11.1 Å². The van der Waals surface area contributed by atoms with Crippen molar-refractivity contribution in [2.75, 3.05) is 0 Å². The third-order valence-electron chi connectivity index (χ3n) is 4.64. The van der Waals surface area contributed by atoms with E-state index in [1.807, 2.05) is 66.7 Å². The molecule has 0 spiro atoms. The molecule has 0 unspecified atom stereocenters. The first-order chi connectivity index (χ1) is 13.1. The third kappa shape index (κ3) is 5.16. The second-order valence-corrected chi connectivity index (χ2v) is 6.98. The van der Waals surface area contributed by atoms with Gasteiger partial charge in [-0.05, 0) is 35.8 Å². The second-order valence-electron chi connectivity index (χ2n) is 6.57. The van der Waals surface area contributed by atoms with Gasteiger partial charge in [0.15, 0.2) is 5.11 Å². The lowest BCUT2D eigenvalue weighted by Crippen LogP contribution is -2.42. The van der Waals surface area contributed by atoms with Gasteiger partial charge in [0, 0.05) is 0 Å². The number of thiocarbonyl (C=S) groups is 1. The van der Waals surface area contributed by atoms with Gasteiger partial charge in [-0.2, -0.15) is 0 Å². The fraction of sp³-hybridized carbons (Fsp3) is 0.174. The zero-order valence-corrected chi connectivity index (χ0v) is 16.2. The topological polar surface area (TPSA) is 50.1 Å². The molecule has 3 rings (SSSR count). The van der Waals surface area contributed by atoms with Crippen molar-refractivity contribution in [3.8, 4) is 0 Å². The molecule has 0 radical (unpaired) electrons. The predicted molar refractivity (Wildman–Crippen MR) is 116 cm³/mol. The Kier molecular flexibility index (Phi) is 6.58. The minimum absolute atomic E-state index is 0.107. The minimum atomic E-state index is -0.222. The highest BCUT2D eigenvalue weighted by atomic mass is 32.1. The van der Waals surface area contributed by atoms with Crippen molar-refractivity contribution in [2.45, 2.75) is 25.0 Å². The Bertz CT molecular complexity index is 837. The van der Waals surface area contributed by atoms with Crippen molar-refractivity contribution in [3.63, 3.8) is 0 Å². The van der Waals surface area contributed by atoms with E-state index >= 15 is 0 Å². The average Bonchev–Trinajstić information content (AvgIpc) is 2.73. The molecular formula is C23H25N3S. The van der Waals surface area contributed by atoms with Crippen molar-refractivity contribution < 1.29 is 0 Å². The summed E-state index contributed by atoms with van der Waals surface area (Å²) in [5, 5.41) is 7.38. The van der Waals surface area contributed by atoms with E-state index in [1.54, 1.807) is 0 Å². The molecule has 3 nitrogen and oxygen atoms in total. The summed E-state index contributed by atoms with van der Waals surface area (Å²) < 4.78 is 0. The van der Waals surface area contributed by atoms with Crippen LogP contribution in [0.1, 0.15) is 41.7 Å². The van der Waals surface area contributed by atoms with Crippen molar-refractivity contribution in [2.24, 2.45) is 5.73 Å². The van der Waals surface area contributed by atoms with E-state index in [9.17, 15) is 0 Å². The van der Waals surface area contributed by atoms with Crippen LogP contribution in [0, 0.1) is 0 Å². The highest BCUT2D eigenvalue weighted by Gasteiger charge is 2.22. The molecule has 0 aromatic heterocycles. The van der Waals surface area contributed by atoms with Gasteiger partial charge in [0.1, 0.15) is 0 Å². The Morgan fingerprint density at radius 2 is 1.15 bits per heavy atom. The lowest BCUT2D eigenvalue weighted by molar-refractivity contribution is 0.516. The highest BCUT2D eigenvalue weighted by Crippen LogP contribution is 2.26. The van der Waals surface area contributed by atoms with Gasteiger partial charge in [0.2, 0.25) is 0 Å². The Morgan fingerprint density at radius 3 is 1.67 bits per heavy atom. The van der Waals surface area contributed by atoms with E-state index in [0.29, 0.717) is 5.11 Å². The van der Waals surface area contributed by atoms with Crippen LogP contribution >= 0.6 is 12.2 Å². The fourth-order valence-electron chi connectivity index (χ4n) is 3.11. The van der Waals surface area contributed by atoms with Crippen molar-refractivity contribution in [3.05, 3.63) is 108 Å². The molecular weight excluding hydrogens is 350 g/mol. The smallest absolute Gasteiger partial charge is 0.167 e. The molecule has 138 valence electrons. The number of rotatable bonds is 6. The van der Waals surface area contributed by atoms with Crippen LogP contribution in [0.5, 0.6) is 0 Å². The summed E-state index contributed by atoms with van der Waals surface area (Å²) >= 11 is 5.60.